The summed E-state index contributed by atoms with van der Waals surface area (Å²) in [6.45, 7) is 1.84. The van der Waals surface area contributed by atoms with Crippen LogP contribution in [0.15, 0.2) is 5.70 Å². The van der Waals surface area contributed by atoms with E-state index in [-0.39, 0.29) is 0 Å². The number of likely N-dealkylation sites (N-methyl/N-ethyl adjacent to an activating group) is 2. The van der Waals surface area contributed by atoms with Gasteiger partial charge in [0.25, 0.3) is 0 Å². The van der Waals surface area contributed by atoms with Crippen LogP contribution in [0.1, 0.15) is 0 Å². The van der Waals surface area contributed by atoms with Gasteiger partial charge >= 0.3 is 0 Å². The Labute approximate surface area is 54.4 Å². The predicted molar refractivity (Wildman–Crippen MR) is 35.6 cm³/mol. The molecule has 1 N–H and O–H groups in total. The van der Waals surface area contributed by atoms with Crippen molar-refractivity contribution in [3.63, 3.8) is 0 Å². The summed E-state index contributed by atoms with van der Waals surface area (Å²) in [7, 11) is 3.80. The minimum atomic E-state index is 0.789. The Morgan fingerprint density at radius 2 is 2.56 bits per heavy atom. The summed E-state index contributed by atoms with van der Waals surface area (Å²) in [6.07, 6.45) is 1.89. The van der Waals surface area contributed by atoms with E-state index in [0.29, 0.717) is 0 Å². The number of hydrogen-bond donors (Lipinski definition) is 1. The maximum absolute atomic E-state index is 6.81. The Bertz CT molecular complexity index is 198. The predicted octanol–water partition coefficient (Wildman–Crippen LogP) is -0.103. The zero-order valence-corrected chi connectivity index (χ0v) is 5.55. The van der Waals surface area contributed by atoms with Crippen LogP contribution in [0.5, 0.6) is 0 Å². The van der Waals surface area contributed by atoms with Crippen molar-refractivity contribution < 1.29 is 4.58 Å². The van der Waals surface area contributed by atoms with E-state index in [4.69, 9.17) is 5.41 Å². The van der Waals surface area contributed by atoms with E-state index in [0.717, 1.165) is 5.70 Å². The van der Waals surface area contributed by atoms with Gasteiger partial charge in [-0.15, -0.1) is 5.87 Å². The van der Waals surface area contributed by atoms with E-state index >= 15 is 0 Å². The number of nitrogens with one attached hydrogen (secondary N) is 1. The third-order valence-electron chi connectivity index (χ3n) is 1.19. The Balaban J connectivity index is 2.83. The van der Waals surface area contributed by atoms with Gasteiger partial charge in [0.05, 0.1) is 19.8 Å². The molecular formula is C6H9N3. The lowest BCUT2D eigenvalue weighted by Gasteiger charge is -2.01. The van der Waals surface area contributed by atoms with E-state index in [9.17, 15) is 0 Å². The molecule has 0 aromatic heterocycles. The van der Waals surface area contributed by atoms with E-state index < -0.39 is 0 Å². The molecule has 3 heteroatoms. The Morgan fingerprint density at radius 1 is 1.89 bits per heavy atom. The minimum absolute atomic E-state index is 0.789. The SMILES string of the molecule is CN1C=[N+](C)[CH-]C1=C=N. The third kappa shape index (κ3) is 0.952. The highest BCUT2D eigenvalue weighted by molar-refractivity contribution is 5.67. The second kappa shape index (κ2) is 1.96. The van der Waals surface area contributed by atoms with Crippen LogP contribution in [0.2, 0.25) is 0 Å². The van der Waals surface area contributed by atoms with Crippen LogP contribution >= 0.6 is 0 Å². The Hall–Kier alpha value is -1.21. The summed E-state index contributed by atoms with van der Waals surface area (Å²) in [5, 5.41) is 6.81. The molecule has 0 saturated carbocycles. The fraction of sp³-hybridized carbons (Fsp3) is 0.333. The van der Waals surface area contributed by atoms with Crippen molar-refractivity contribution >= 4 is 12.2 Å². The van der Waals surface area contributed by atoms with Crippen LogP contribution in [-0.4, -0.2) is 35.8 Å². The summed E-state index contributed by atoms with van der Waals surface area (Å²) in [4.78, 5) is 1.84. The van der Waals surface area contributed by atoms with E-state index in [1.165, 1.54) is 0 Å². The maximum atomic E-state index is 6.81. The summed E-state index contributed by atoms with van der Waals surface area (Å²) in [6, 6.07) is 0. The van der Waals surface area contributed by atoms with Gasteiger partial charge in [-0.2, -0.15) is 0 Å². The smallest absolute Gasteiger partial charge is 0.148 e. The largest absolute Gasteiger partial charge is 0.344 e. The summed E-state index contributed by atoms with van der Waals surface area (Å²) < 4.78 is 1.89. The van der Waals surface area contributed by atoms with Gasteiger partial charge in [0.2, 0.25) is 0 Å². The normalized spacial score (nSPS) is 16.9. The molecule has 0 aromatic rings. The van der Waals surface area contributed by atoms with Crippen LogP contribution in [-0.2, 0) is 0 Å². The first-order chi connectivity index (χ1) is 4.24. The van der Waals surface area contributed by atoms with Crippen molar-refractivity contribution in [2.45, 2.75) is 0 Å². The minimum Gasteiger partial charge on any atom is -0.344 e. The lowest BCUT2D eigenvalue weighted by atomic mass is 10.5. The van der Waals surface area contributed by atoms with Crippen LogP contribution in [0.3, 0.4) is 0 Å². The molecule has 0 amide bonds. The monoisotopic (exact) mass is 123 g/mol. The van der Waals surface area contributed by atoms with E-state index in [1.807, 2.05) is 36.5 Å². The van der Waals surface area contributed by atoms with E-state index in [1.54, 1.807) is 0 Å². The molecule has 0 fully saturated rings. The quantitative estimate of drug-likeness (QED) is 0.272. The molecule has 9 heavy (non-hydrogen) atoms. The first-order valence-electron chi connectivity index (χ1n) is 2.68. The highest BCUT2D eigenvalue weighted by Crippen LogP contribution is 2.04. The zero-order chi connectivity index (χ0) is 6.85. The number of nitrogens with zero attached hydrogens (tertiary/aromatic N) is 2. The standard InChI is InChI=1S/C6H9N3/c1-8-4-6(3-7)9(2)5-8/h4-5,7H,1-2H3. The van der Waals surface area contributed by atoms with Crippen molar-refractivity contribution in [2.24, 2.45) is 0 Å². The van der Waals surface area contributed by atoms with Gasteiger partial charge in [0, 0.05) is 6.54 Å². The number of hydrogen-bond acceptors (Lipinski definition) is 2. The Morgan fingerprint density at radius 3 is 2.78 bits per heavy atom. The van der Waals surface area contributed by atoms with Crippen LogP contribution in [0, 0.1) is 12.0 Å². The fourth-order valence-corrected chi connectivity index (χ4v) is 0.773. The Kier molecular flexibility index (Phi) is 1.29. The first-order valence-corrected chi connectivity index (χ1v) is 2.68. The second-order valence-corrected chi connectivity index (χ2v) is 2.03. The van der Waals surface area contributed by atoms with Gasteiger partial charge in [0.15, 0.2) is 0 Å². The molecule has 1 rings (SSSR count). The average Bonchev–Trinajstić information content (AvgIpc) is 2.10. The van der Waals surface area contributed by atoms with Crippen LogP contribution in [0.25, 0.3) is 0 Å². The topological polar surface area (TPSA) is 30.1 Å². The van der Waals surface area contributed by atoms with E-state index in [2.05, 4.69) is 5.87 Å². The van der Waals surface area contributed by atoms with Gasteiger partial charge < -0.3 is 14.9 Å². The second-order valence-electron chi connectivity index (χ2n) is 2.03. The van der Waals surface area contributed by atoms with Gasteiger partial charge in [-0.25, -0.2) is 0 Å². The molecule has 1 aliphatic heterocycles. The molecule has 48 valence electrons. The molecule has 0 bridgehead atoms. The third-order valence-corrected chi connectivity index (χ3v) is 1.19. The van der Waals surface area contributed by atoms with Crippen molar-refractivity contribution in [2.75, 3.05) is 14.1 Å². The molecule has 0 aliphatic carbocycles. The molecule has 0 unspecified atom stereocenters. The molecule has 0 saturated heterocycles. The van der Waals surface area contributed by atoms with Crippen LogP contribution < -0.4 is 0 Å². The molecule has 1 aliphatic rings. The van der Waals surface area contributed by atoms with Crippen LogP contribution in [0.4, 0.5) is 0 Å². The zero-order valence-electron chi connectivity index (χ0n) is 5.55. The molecule has 0 radical (unpaired) electrons. The number of rotatable bonds is 0. The van der Waals surface area contributed by atoms with Gasteiger partial charge in [-0.1, -0.05) is 0 Å². The highest BCUT2D eigenvalue weighted by atomic mass is 15.2. The molecule has 3 nitrogen and oxygen atoms in total. The van der Waals surface area contributed by atoms with Crippen molar-refractivity contribution in [3.05, 3.63) is 12.2 Å². The van der Waals surface area contributed by atoms with Gasteiger partial charge in [-0.05, 0) is 0 Å². The molecule has 0 aromatic carbocycles. The lowest BCUT2D eigenvalue weighted by Crippen LogP contribution is -2.09. The summed E-state index contributed by atoms with van der Waals surface area (Å²) in [5.74, 6) is 2.31. The van der Waals surface area contributed by atoms with Crippen molar-refractivity contribution in [1.29, 1.82) is 5.41 Å². The van der Waals surface area contributed by atoms with Gasteiger partial charge in [0.1, 0.15) is 6.34 Å². The molecule has 1 heterocycles. The summed E-state index contributed by atoms with van der Waals surface area (Å²) >= 11 is 0. The molecule has 0 spiro atoms. The lowest BCUT2D eigenvalue weighted by molar-refractivity contribution is -0.438. The van der Waals surface area contributed by atoms with Crippen molar-refractivity contribution in [1.82, 2.24) is 4.90 Å². The first kappa shape index (κ1) is 5.92. The van der Waals surface area contributed by atoms with Gasteiger partial charge in [-0.3, -0.25) is 0 Å². The summed E-state index contributed by atoms with van der Waals surface area (Å²) in [5.41, 5.74) is 0.789. The maximum Gasteiger partial charge on any atom is 0.148 e. The molecular weight excluding hydrogens is 114 g/mol. The fourth-order valence-electron chi connectivity index (χ4n) is 0.773. The molecule has 0 atom stereocenters. The highest BCUT2D eigenvalue weighted by Gasteiger charge is 2.09. The van der Waals surface area contributed by atoms with Crippen molar-refractivity contribution in [3.8, 4) is 0 Å². The average molecular weight is 123 g/mol.